The first kappa shape index (κ1) is 18.9. The van der Waals surface area contributed by atoms with Gasteiger partial charge in [-0.05, 0) is 67.6 Å². The molecule has 0 saturated carbocycles. The number of nitrogens with zero attached hydrogens (tertiary/aromatic N) is 3. The lowest BCUT2D eigenvalue weighted by molar-refractivity contribution is 0.314. The molecule has 2 N–H and O–H groups in total. The maximum absolute atomic E-state index is 6.12. The summed E-state index contributed by atoms with van der Waals surface area (Å²) in [5.41, 5.74) is 15.6. The molecule has 1 aliphatic rings. The molecule has 0 fully saturated rings. The van der Waals surface area contributed by atoms with Crippen LogP contribution in [0.5, 0.6) is 0 Å². The lowest BCUT2D eigenvalue weighted by Gasteiger charge is -2.19. The van der Waals surface area contributed by atoms with Gasteiger partial charge in [0.05, 0.1) is 11.4 Å². The van der Waals surface area contributed by atoms with Crippen molar-refractivity contribution in [3.8, 4) is 11.3 Å². The van der Waals surface area contributed by atoms with E-state index in [2.05, 4.69) is 64.9 Å². The Bertz CT molecular complexity index is 1180. The molecular weight excluding hydrogens is 368 g/mol. The number of pyridine rings is 1. The lowest BCUT2D eigenvalue weighted by atomic mass is 9.90. The van der Waals surface area contributed by atoms with Crippen molar-refractivity contribution in [2.75, 3.05) is 12.8 Å². The Labute approximate surface area is 178 Å². The van der Waals surface area contributed by atoms with E-state index in [1.54, 1.807) is 0 Å². The minimum Gasteiger partial charge on any atom is -0.398 e. The average Bonchev–Trinajstić information content (AvgIpc) is 3.11. The largest absolute Gasteiger partial charge is 0.398 e. The van der Waals surface area contributed by atoms with E-state index < -0.39 is 0 Å². The fraction of sp³-hybridized carbons (Fsp3) is 0.269. The van der Waals surface area contributed by atoms with Gasteiger partial charge in [0.2, 0.25) is 0 Å². The molecular formula is C26H28N4. The number of aryl methyl sites for hydroxylation is 2. The molecule has 0 unspecified atom stereocenters. The molecule has 2 heterocycles. The van der Waals surface area contributed by atoms with E-state index in [-0.39, 0.29) is 0 Å². The van der Waals surface area contributed by atoms with Gasteiger partial charge in [0.1, 0.15) is 5.65 Å². The predicted molar refractivity (Wildman–Crippen MR) is 123 cm³/mol. The van der Waals surface area contributed by atoms with E-state index in [0.717, 1.165) is 30.1 Å². The molecule has 1 aliphatic carbocycles. The zero-order valence-electron chi connectivity index (χ0n) is 17.5. The van der Waals surface area contributed by atoms with E-state index in [4.69, 9.17) is 10.7 Å². The molecule has 4 aromatic rings. The number of aromatic nitrogens is 2. The third-order valence-electron chi connectivity index (χ3n) is 6.08. The molecule has 0 spiro atoms. The van der Waals surface area contributed by atoms with Crippen molar-refractivity contribution >= 4 is 11.3 Å². The van der Waals surface area contributed by atoms with Gasteiger partial charge in [-0.2, -0.15) is 0 Å². The molecule has 0 aliphatic heterocycles. The highest BCUT2D eigenvalue weighted by molar-refractivity contribution is 5.68. The first-order valence-corrected chi connectivity index (χ1v) is 10.8. The smallest absolute Gasteiger partial charge is 0.137 e. The molecule has 30 heavy (non-hydrogen) atoms. The van der Waals surface area contributed by atoms with E-state index in [0.29, 0.717) is 0 Å². The van der Waals surface area contributed by atoms with Crippen LogP contribution < -0.4 is 5.73 Å². The second-order valence-electron chi connectivity index (χ2n) is 8.45. The van der Waals surface area contributed by atoms with Gasteiger partial charge in [0.25, 0.3) is 0 Å². The Hall–Kier alpha value is -3.11. The number of hydrogen-bond acceptors (Lipinski definition) is 3. The van der Waals surface area contributed by atoms with Gasteiger partial charge in [-0.15, -0.1) is 0 Å². The summed E-state index contributed by atoms with van der Waals surface area (Å²) in [6.45, 7) is 1.69. The van der Waals surface area contributed by atoms with Crippen molar-refractivity contribution in [1.29, 1.82) is 0 Å². The summed E-state index contributed by atoms with van der Waals surface area (Å²) in [5, 5.41) is 0. The monoisotopic (exact) mass is 396 g/mol. The van der Waals surface area contributed by atoms with Crippen molar-refractivity contribution in [3.05, 3.63) is 89.2 Å². The number of nitrogen functional groups attached to an aromatic ring is 1. The number of rotatable bonds is 5. The quantitative estimate of drug-likeness (QED) is 0.511. The van der Waals surface area contributed by atoms with Crippen LogP contribution in [0.25, 0.3) is 16.9 Å². The minimum atomic E-state index is 0.754. The fourth-order valence-electron chi connectivity index (χ4n) is 4.58. The Kier molecular flexibility index (Phi) is 5.01. The van der Waals surface area contributed by atoms with Crippen LogP contribution in [0.4, 0.5) is 5.69 Å². The number of hydrogen-bond donors (Lipinski definition) is 1. The number of benzene rings is 2. The molecule has 0 saturated heterocycles. The molecule has 5 rings (SSSR count). The third-order valence-corrected chi connectivity index (χ3v) is 6.08. The molecule has 0 amide bonds. The highest BCUT2D eigenvalue weighted by Gasteiger charge is 2.18. The number of fused-ring (bicyclic) bond motifs is 2. The summed E-state index contributed by atoms with van der Waals surface area (Å²) in [7, 11) is 2.16. The molecule has 0 bridgehead atoms. The topological polar surface area (TPSA) is 46.6 Å². The van der Waals surface area contributed by atoms with Crippen LogP contribution in [0, 0.1) is 0 Å². The van der Waals surface area contributed by atoms with Gasteiger partial charge in [0.15, 0.2) is 0 Å². The van der Waals surface area contributed by atoms with E-state index >= 15 is 0 Å². The normalized spacial score (nSPS) is 13.7. The molecule has 4 nitrogen and oxygen atoms in total. The Morgan fingerprint density at radius 1 is 0.933 bits per heavy atom. The van der Waals surface area contributed by atoms with Crippen molar-refractivity contribution < 1.29 is 0 Å². The zero-order chi connectivity index (χ0) is 20.5. The zero-order valence-corrected chi connectivity index (χ0v) is 17.5. The Balaban J connectivity index is 1.55. The second kappa shape index (κ2) is 7.96. The van der Waals surface area contributed by atoms with Crippen LogP contribution in [0.2, 0.25) is 0 Å². The molecule has 0 atom stereocenters. The summed E-state index contributed by atoms with van der Waals surface area (Å²) in [6.07, 6.45) is 6.95. The van der Waals surface area contributed by atoms with Gasteiger partial charge in [-0.25, -0.2) is 4.98 Å². The molecule has 152 valence electrons. The van der Waals surface area contributed by atoms with E-state index in [1.807, 2.05) is 18.3 Å². The minimum absolute atomic E-state index is 0.754. The third kappa shape index (κ3) is 3.71. The predicted octanol–water partition coefficient (Wildman–Crippen LogP) is 5.09. The molecule has 2 aromatic heterocycles. The summed E-state index contributed by atoms with van der Waals surface area (Å²) in [6, 6.07) is 21.4. The fourth-order valence-corrected chi connectivity index (χ4v) is 4.58. The Morgan fingerprint density at radius 2 is 1.73 bits per heavy atom. The number of imidazole rings is 1. The van der Waals surface area contributed by atoms with Crippen molar-refractivity contribution in [2.24, 2.45) is 0 Å². The van der Waals surface area contributed by atoms with Gasteiger partial charge in [-0.3, -0.25) is 4.90 Å². The van der Waals surface area contributed by atoms with Crippen LogP contribution in [0.3, 0.4) is 0 Å². The summed E-state index contributed by atoms with van der Waals surface area (Å²) < 4.78 is 2.16. The number of nitrogens with two attached hydrogens (primary N) is 1. The van der Waals surface area contributed by atoms with Gasteiger partial charge >= 0.3 is 0 Å². The first-order valence-electron chi connectivity index (χ1n) is 10.8. The van der Waals surface area contributed by atoms with Crippen LogP contribution in [0.1, 0.15) is 35.2 Å². The summed E-state index contributed by atoms with van der Waals surface area (Å²) >= 11 is 0. The number of anilines is 1. The van der Waals surface area contributed by atoms with Crippen molar-refractivity contribution in [3.63, 3.8) is 0 Å². The highest BCUT2D eigenvalue weighted by Crippen LogP contribution is 2.31. The van der Waals surface area contributed by atoms with Gasteiger partial charge in [0, 0.05) is 30.5 Å². The van der Waals surface area contributed by atoms with Crippen LogP contribution in [-0.2, 0) is 25.9 Å². The van der Waals surface area contributed by atoms with E-state index in [1.165, 1.54) is 53.6 Å². The van der Waals surface area contributed by atoms with E-state index in [9.17, 15) is 0 Å². The maximum atomic E-state index is 6.12. The summed E-state index contributed by atoms with van der Waals surface area (Å²) in [5.74, 6) is 0. The van der Waals surface area contributed by atoms with Crippen LogP contribution in [0.15, 0.2) is 66.9 Å². The molecule has 4 heteroatoms. The maximum Gasteiger partial charge on any atom is 0.137 e. The van der Waals surface area contributed by atoms with Gasteiger partial charge in [-0.1, -0.05) is 42.5 Å². The van der Waals surface area contributed by atoms with Crippen LogP contribution in [-0.4, -0.2) is 21.3 Å². The van der Waals surface area contributed by atoms with Crippen molar-refractivity contribution in [1.82, 2.24) is 14.3 Å². The standard InChI is InChI=1S/C26H28N4/c1-29(16-19-7-3-2-4-8-19)18-24-26(28-25-14-13-23(27)17-30(24)25)22-12-11-20-9-5-6-10-21(20)15-22/h2-4,7-8,11-15,17H,5-6,9-10,16,18,27H2,1H3. The molecule has 0 radical (unpaired) electrons. The first-order chi connectivity index (χ1) is 14.7. The average molecular weight is 397 g/mol. The lowest BCUT2D eigenvalue weighted by Crippen LogP contribution is -2.19. The van der Waals surface area contributed by atoms with Gasteiger partial charge < -0.3 is 10.1 Å². The Morgan fingerprint density at radius 3 is 2.57 bits per heavy atom. The SMILES string of the molecule is CN(Cc1ccccc1)Cc1c(-c2ccc3c(c2)CCCC3)nc2ccc(N)cn12. The van der Waals surface area contributed by atoms with Crippen LogP contribution >= 0.6 is 0 Å². The molecule has 2 aromatic carbocycles. The second-order valence-corrected chi connectivity index (χ2v) is 8.45. The van der Waals surface area contributed by atoms with Crippen molar-refractivity contribution in [2.45, 2.75) is 38.8 Å². The summed E-state index contributed by atoms with van der Waals surface area (Å²) in [4.78, 5) is 7.35. The highest BCUT2D eigenvalue weighted by atomic mass is 15.1.